The van der Waals surface area contributed by atoms with Crippen LogP contribution in [0.2, 0.25) is 0 Å². The van der Waals surface area contributed by atoms with Gasteiger partial charge < -0.3 is 4.90 Å². The lowest BCUT2D eigenvalue weighted by atomic mass is 10.3. The summed E-state index contributed by atoms with van der Waals surface area (Å²) in [6.07, 6.45) is 3.13. The van der Waals surface area contributed by atoms with E-state index < -0.39 is 0 Å². The molecule has 1 aliphatic rings. The number of allylic oxidation sites excluding steroid dienone is 1. The molecule has 1 heterocycles. The van der Waals surface area contributed by atoms with Gasteiger partial charge in [0.25, 0.3) is 0 Å². The minimum absolute atomic E-state index is 0.196. The molecule has 2 atom stereocenters. The molecular weight excluding hydrogens is 186 g/mol. The van der Waals surface area contributed by atoms with Gasteiger partial charge in [0.05, 0.1) is 5.37 Å². The van der Waals surface area contributed by atoms with Crippen LogP contribution in [0.5, 0.6) is 0 Å². The van der Waals surface area contributed by atoms with E-state index in [1.807, 2.05) is 18.7 Å². The molecule has 0 saturated carbocycles. The zero-order valence-corrected chi connectivity index (χ0v) is 9.29. The standard InChI is InChI=1S/C9H15NS2/c1-6-5-9(12-4)7(2)10(6)8(3)11/h8-9,11H,1-2,5H2,3-4H3. The van der Waals surface area contributed by atoms with Gasteiger partial charge in [-0.3, -0.25) is 0 Å². The van der Waals surface area contributed by atoms with Crippen LogP contribution in [-0.4, -0.2) is 21.8 Å². The second-order valence-corrected chi connectivity index (χ2v) is 4.78. The first-order valence-electron chi connectivity index (χ1n) is 3.94. The van der Waals surface area contributed by atoms with Crippen molar-refractivity contribution in [3.63, 3.8) is 0 Å². The molecule has 1 saturated heterocycles. The highest BCUT2D eigenvalue weighted by molar-refractivity contribution is 7.99. The zero-order valence-electron chi connectivity index (χ0n) is 7.58. The van der Waals surface area contributed by atoms with E-state index in [9.17, 15) is 0 Å². The Morgan fingerprint density at radius 2 is 2.25 bits per heavy atom. The summed E-state index contributed by atoms with van der Waals surface area (Å²) in [5, 5.41) is 0.703. The molecule has 0 aromatic rings. The number of hydrogen-bond acceptors (Lipinski definition) is 3. The van der Waals surface area contributed by atoms with Crippen molar-refractivity contribution in [3.8, 4) is 0 Å². The van der Waals surface area contributed by atoms with Gasteiger partial charge in [-0.25, -0.2) is 0 Å². The highest BCUT2D eigenvalue weighted by Crippen LogP contribution is 2.37. The molecule has 68 valence electrons. The largest absolute Gasteiger partial charge is 0.337 e. The molecule has 0 amide bonds. The number of thiol groups is 1. The summed E-state index contributed by atoms with van der Waals surface area (Å²) >= 11 is 6.22. The minimum atomic E-state index is 0.196. The molecule has 3 heteroatoms. The molecule has 0 spiro atoms. The van der Waals surface area contributed by atoms with Crippen LogP contribution in [0.25, 0.3) is 0 Å². The van der Waals surface area contributed by atoms with Gasteiger partial charge >= 0.3 is 0 Å². The number of nitrogens with zero attached hydrogens (tertiary/aromatic N) is 1. The van der Waals surface area contributed by atoms with Gasteiger partial charge in [0.2, 0.25) is 0 Å². The average molecular weight is 201 g/mol. The fourth-order valence-electron chi connectivity index (χ4n) is 1.51. The first-order chi connectivity index (χ1) is 5.57. The molecule has 0 aliphatic carbocycles. The van der Waals surface area contributed by atoms with E-state index in [0.29, 0.717) is 5.25 Å². The molecule has 1 rings (SSSR count). The van der Waals surface area contributed by atoms with Crippen LogP contribution in [0.4, 0.5) is 0 Å². The predicted molar refractivity (Wildman–Crippen MR) is 60.5 cm³/mol. The smallest absolute Gasteiger partial charge is 0.0736 e. The lowest BCUT2D eigenvalue weighted by Gasteiger charge is -2.25. The summed E-state index contributed by atoms with van der Waals surface area (Å²) in [5.41, 5.74) is 2.29. The van der Waals surface area contributed by atoms with E-state index in [-0.39, 0.29) is 5.37 Å². The number of likely N-dealkylation sites (tertiary alicyclic amines) is 1. The molecule has 1 aliphatic heterocycles. The van der Waals surface area contributed by atoms with Gasteiger partial charge in [-0.15, -0.1) is 0 Å². The third kappa shape index (κ3) is 1.67. The summed E-state index contributed by atoms with van der Waals surface area (Å²) < 4.78 is 0. The van der Waals surface area contributed by atoms with Gasteiger partial charge in [-0.1, -0.05) is 13.2 Å². The lowest BCUT2D eigenvalue weighted by Crippen LogP contribution is -2.23. The summed E-state index contributed by atoms with van der Waals surface area (Å²) in [7, 11) is 0. The van der Waals surface area contributed by atoms with E-state index >= 15 is 0 Å². The van der Waals surface area contributed by atoms with Crippen molar-refractivity contribution >= 4 is 24.4 Å². The molecule has 12 heavy (non-hydrogen) atoms. The van der Waals surface area contributed by atoms with E-state index in [1.165, 1.54) is 0 Å². The van der Waals surface area contributed by atoms with Crippen LogP contribution in [0.3, 0.4) is 0 Å². The van der Waals surface area contributed by atoms with E-state index in [0.717, 1.165) is 17.8 Å². The SMILES string of the molecule is C=C1CC(SC)C(=C)N1C(C)S. The molecular formula is C9H15NS2. The second kappa shape index (κ2) is 3.79. The van der Waals surface area contributed by atoms with E-state index in [1.54, 1.807) is 0 Å². The topological polar surface area (TPSA) is 3.24 Å². The molecule has 1 nitrogen and oxygen atoms in total. The van der Waals surface area contributed by atoms with Crippen molar-refractivity contribution in [2.24, 2.45) is 0 Å². The minimum Gasteiger partial charge on any atom is -0.337 e. The quantitative estimate of drug-likeness (QED) is 0.684. The Kier molecular flexibility index (Phi) is 3.18. The van der Waals surface area contributed by atoms with Gasteiger partial charge in [0.15, 0.2) is 0 Å². The number of hydrogen-bond donors (Lipinski definition) is 1. The third-order valence-corrected chi connectivity index (χ3v) is 3.34. The van der Waals surface area contributed by atoms with Gasteiger partial charge in [0, 0.05) is 23.1 Å². The number of rotatable bonds is 2. The Bertz CT molecular complexity index is 211. The Morgan fingerprint density at radius 1 is 1.67 bits per heavy atom. The fraction of sp³-hybridized carbons (Fsp3) is 0.556. The third-order valence-electron chi connectivity index (χ3n) is 2.10. The molecule has 0 bridgehead atoms. The van der Waals surface area contributed by atoms with Gasteiger partial charge in [-0.05, 0) is 13.2 Å². The van der Waals surface area contributed by atoms with Crippen LogP contribution in [0.15, 0.2) is 24.6 Å². The van der Waals surface area contributed by atoms with E-state index in [2.05, 4.69) is 36.9 Å². The highest BCUT2D eigenvalue weighted by atomic mass is 32.2. The van der Waals surface area contributed by atoms with Crippen LogP contribution in [0, 0.1) is 0 Å². The molecule has 2 unspecified atom stereocenters. The van der Waals surface area contributed by atoms with Crippen molar-refractivity contribution in [3.05, 3.63) is 24.6 Å². The van der Waals surface area contributed by atoms with Gasteiger partial charge in [-0.2, -0.15) is 24.4 Å². The summed E-state index contributed by atoms with van der Waals surface area (Å²) in [6.45, 7) is 10.1. The van der Waals surface area contributed by atoms with E-state index in [4.69, 9.17) is 0 Å². The Balaban J connectivity index is 2.77. The first kappa shape index (κ1) is 10.1. The normalized spacial score (nSPS) is 26.6. The molecule has 0 aromatic heterocycles. The molecule has 1 fully saturated rings. The molecule has 0 radical (unpaired) electrons. The molecule has 0 aromatic carbocycles. The van der Waals surface area contributed by atoms with Crippen LogP contribution < -0.4 is 0 Å². The molecule has 0 N–H and O–H groups in total. The van der Waals surface area contributed by atoms with Crippen molar-refractivity contribution in [1.29, 1.82) is 0 Å². The van der Waals surface area contributed by atoms with Crippen LogP contribution in [0.1, 0.15) is 13.3 Å². The predicted octanol–water partition coefficient (Wildman–Crippen LogP) is 2.73. The first-order valence-corrected chi connectivity index (χ1v) is 5.75. The fourth-order valence-corrected chi connectivity index (χ4v) is 2.57. The maximum Gasteiger partial charge on any atom is 0.0736 e. The van der Waals surface area contributed by atoms with Crippen molar-refractivity contribution in [1.82, 2.24) is 4.90 Å². The van der Waals surface area contributed by atoms with Crippen LogP contribution >= 0.6 is 24.4 Å². The van der Waals surface area contributed by atoms with Crippen LogP contribution in [-0.2, 0) is 0 Å². The lowest BCUT2D eigenvalue weighted by molar-refractivity contribution is 0.455. The highest BCUT2D eigenvalue weighted by Gasteiger charge is 2.30. The van der Waals surface area contributed by atoms with Gasteiger partial charge in [0.1, 0.15) is 0 Å². The second-order valence-electron chi connectivity index (χ2n) is 2.99. The van der Waals surface area contributed by atoms with Crippen molar-refractivity contribution in [2.75, 3.05) is 6.26 Å². The summed E-state index contributed by atoms with van der Waals surface area (Å²) in [5.74, 6) is 0. The Labute approximate surface area is 84.3 Å². The van der Waals surface area contributed by atoms with Crippen molar-refractivity contribution in [2.45, 2.75) is 24.0 Å². The Morgan fingerprint density at radius 3 is 2.50 bits per heavy atom. The monoisotopic (exact) mass is 201 g/mol. The zero-order chi connectivity index (χ0) is 9.30. The van der Waals surface area contributed by atoms with Crippen molar-refractivity contribution < 1.29 is 0 Å². The maximum absolute atomic E-state index is 4.39. The summed E-state index contributed by atoms with van der Waals surface area (Å²) in [6, 6.07) is 0. The summed E-state index contributed by atoms with van der Waals surface area (Å²) in [4.78, 5) is 2.12. The number of thioether (sulfide) groups is 1. The Hall–Kier alpha value is -0.0200. The maximum atomic E-state index is 4.39. The average Bonchev–Trinajstić information content (AvgIpc) is 2.25.